The standard InChI is InChI=1S/C21H20N2O4S/c1-14-3-6-16(7-4-14)23-20(25)17(22-21(23)28-10-2-9-24)11-15-5-8-18-19(12-15)27-13-26-18/h3-8,11-12,24H,2,9-10,13H2,1H3/b17-11+. The molecule has 0 fully saturated rings. The first-order valence-electron chi connectivity index (χ1n) is 9.00. The fraction of sp³-hybridized carbons (Fsp3) is 0.238. The molecule has 0 saturated heterocycles. The Balaban J connectivity index is 1.65. The van der Waals surface area contributed by atoms with Crippen molar-refractivity contribution in [1.82, 2.24) is 0 Å². The molecule has 0 aromatic heterocycles. The molecule has 7 heteroatoms. The van der Waals surface area contributed by atoms with Crippen LogP contribution in [-0.2, 0) is 4.79 Å². The number of anilines is 1. The van der Waals surface area contributed by atoms with E-state index in [0.29, 0.717) is 34.5 Å². The van der Waals surface area contributed by atoms with Crippen molar-refractivity contribution in [1.29, 1.82) is 0 Å². The minimum atomic E-state index is -0.173. The van der Waals surface area contributed by atoms with Crippen molar-refractivity contribution in [2.75, 3.05) is 24.1 Å². The van der Waals surface area contributed by atoms with Crippen LogP contribution in [0.5, 0.6) is 11.5 Å². The van der Waals surface area contributed by atoms with Gasteiger partial charge in [0.05, 0.1) is 5.69 Å². The second-order valence-corrected chi connectivity index (χ2v) is 7.50. The van der Waals surface area contributed by atoms with Gasteiger partial charge in [0.15, 0.2) is 16.7 Å². The topological polar surface area (TPSA) is 71.4 Å². The van der Waals surface area contributed by atoms with Crippen molar-refractivity contribution in [3.63, 3.8) is 0 Å². The van der Waals surface area contributed by atoms with Gasteiger partial charge in [-0.3, -0.25) is 9.69 Å². The van der Waals surface area contributed by atoms with Crippen molar-refractivity contribution in [3.05, 3.63) is 59.3 Å². The molecule has 4 rings (SSSR count). The van der Waals surface area contributed by atoms with Gasteiger partial charge >= 0.3 is 0 Å². The molecular weight excluding hydrogens is 376 g/mol. The Kier molecular flexibility index (Phi) is 5.36. The van der Waals surface area contributed by atoms with Gasteiger partial charge < -0.3 is 14.6 Å². The number of aliphatic hydroxyl groups excluding tert-OH is 1. The second kappa shape index (κ2) is 8.08. The van der Waals surface area contributed by atoms with E-state index in [-0.39, 0.29) is 19.3 Å². The summed E-state index contributed by atoms with van der Waals surface area (Å²) in [5.74, 6) is 1.87. The van der Waals surface area contributed by atoms with Crippen LogP contribution < -0.4 is 14.4 Å². The quantitative estimate of drug-likeness (QED) is 0.618. The van der Waals surface area contributed by atoms with Crippen LogP contribution in [0.2, 0.25) is 0 Å². The third-order valence-corrected chi connectivity index (χ3v) is 5.38. The molecule has 2 aliphatic rings. The number of rotatable bonds is 5. The molecule has 2 aliphatic heterocycles. The van der Waals surface area contributed by atoms with E-state index in [9.17, 15) is 4.79 Å². The molecule has 0 bridgehead atoms. The van der Waals surface area contributed by atoms with Gasteiger partial charge in [-0.25, -0.2) is 4.99 Å². The number of hydrogen-bond acceptors (Lipinski definition) is 6. The number of carbonyl (C=O) groups excluding carboxylic acids is 1. The van der Waals surface area contributed by atoms with Gasteiger partial charge in [0.2, 0.25) is 6.79 Å². The lowest BCUT2D eigenvalue weighted by Crippen LogP contribution is -2.30. The monoisotopic (exact) mass is 396 g/mol. The first-order valence-corrected chi connectivity index (χ1v) is 9.99. The fourth-order valence-electron chi connectivity index (χ4n) is 2.90. The fourth-order valence-corrected chi connectivity index (χ4v) is 3.84. The Labute approximate surface area is 167 Å². The third kappa shape index (κ3) is 3.76. The van der Waals surface area contributed by atoms with E-state index in [2.05, 4.69) is 4.99 Å². The largest absolute Gasteiger partial charge is 0.454 e. The summed E-state index contributed by atoms with van der Waals surface area (Å²) in [4.78, 5) is 19.3. The molecule has 0 spiro atoms. The summed E-state index contributed by atoms with van der Waals surface area (Å²) in [7, 11) is 0. The summed E-state index contributed by atoms with van der Waals surface area (Å²) >= 11 is 1.46. The number of thioether (sulfide) groups is 1. The van der Waals surface area contributed by atoms with E-state index in [1.807, 2.05) is 49.4 Å². The molecule has 144 valence electrons. The Morgan fingerprint density at radius 1 is 1.18 bits per heavy atom. The number of ether oxygens (including phenoxy) is 2. The highest BCUT2D eigenvalue weighted by molar-refractivity contribution is 8.14. The lowest BCUT2D eigenvalue weighted by atomic mass is 10.1. The molecule has 0 saturated carbocycles. The zero-order valence-electron chi connectivity index (χ0n) is 15.4. The highest BCUT2D eigenvalue weighted by Crippen LogP contribution is 2.34. The van der Waals surface area contributed by atoms with E-state index in [1.54, 1.807) is 11.0 Å². The molecule has 2 aromatic rings. The molecule has 28 heavy (non-hydrogen) atoms. The Bertz CT molecular complexity index is 953. The van der Waals surface area contributed by atoms with E-state index in [4.69, 9.17) is 14.6 Å². The zero-order chi connectivity index (χ0) is 19.5. The first kappa shape index (κ1) is 18.6. The number of aliphatic hydroxyl groups is 1. The second-order valence-electron chi connectivity index (χ2n) is 6.44. The van der Waals surface area contributed by atoms with Crippen LogP contribution >= 0.6 is 11.8 Å². The molecule has 6 nitrogen and oxygen atoms in total. The number of aryl methyl sites for hydroxylation is 1. The summed E-state index contributed by atoms with van der Waals surface area (Å²) in [6.07, 6.45) is 2.39. The van der Waals surface area contributed by atoms with E-state index in [0.717, 1.165) is 16.8 Å². The summed E-state index contributed by atoms with van der Waals surface area (Å²) in [5, 5.41) is 9.68. The molecule has 1 amide bonds. The Morgan fingerprint density at radius 3 is 2.75 bits per heavy atom. The minimum absolute atomic E-state index is 0.110. The first-order chi connectivity index (χ1) is 13.7. The minimum Gasteiger partial charge on any atom is -0.454 e. The van der Waals surface area contributed by atoms with Crippen LogP contribution in [0.1, 0.15) is 17.5 Å². The summed E-state index contributed by atoms with van der Waals surface area (Å²) in [5.41, 5.74) is 3.09. The number of benzene rings is 2. The molecule has 0 radical (unpaired) electrons. The average molecular weight is 396 g/mol. The van der Waals surface area contributed by atoms with Crippen LogP contribution in [0.25, 0.3) is 6.08 Å². The van der Waals surface area contributed by atoms with Crippen molar-refractivity contribution < 1.29 is 19.4 Å². The predicted molar refractivity (Wildman–Crippen MR) is 111 cm³/mol. The number of amidine groups is 1. The lowest BCUT2D eigenvalue weighted by molar-refractivity contribution is -0.113. The van der Waals surface area contributed by atoms with E-state index in [1.165, 1.54) is 11.8 Å². The summed E-state index contributed by atoms with van der Waals surface area (Å²) < 4.78 is 10.7. The van der Waals surface area contributed by atoms with Crippen molar-refractivity contribution in [3.8, 4) is 11.5 Å². The molecule has 2 heterocycles. The smallest absolute Gasteiger partial charge is 0.283 e. The van der Waals surface area contributed by atoms with Gasteiger partial charge in [-0.15, -0.1) is 0 Å². The number of fused-ring (bicyclic) bond motifs is 1. The molecule has 0 aliphatic carbocycles. The van der Waals surface area contributed by atoms with Gasteiger partial charge in [0, 0.05) is 12.4 Å². The summed E-state index contributed by atoms with van der Waals surface area (Å²) in [6, 6.07) is 13.3. The molecule has 0 atom stereocenters. The zero-order valence-corrected chi connectivity index (χ0v) is 16.2. The number of nitrogens with zero attached hydrogens (tertiary/aromatic N) is 2. The van der Waals surface area contributed by atoms with Crippen molar-refractivity contribution in [2.24, 2.45) is 4.99 Å². The van der Waals surface area contributed by atoms with Gasteiger partial charge in [0.1, 0.15) is 5.70 Å². The molecule has 1 N–H and O–H groups in total. The average Bonchev–Trinajstić information content (AvgIpc) is 3.28. The maximum atomic E-state index is 13.1. The highest BCUT2D eigenvalue weighted by atomic mass is 32.2. The number of aliphatic imine (C=N–C) groups is 1. The Morgan fingerprint density at radius 2 is 1.96 bits per heavy atom. The van der Waals surface area contributed by atoms with Crippen LogP contribution in [0.3, 0.4) is 0 Å². The third-order valence-electron chi connectivity index (χ3n) is 4.36. The van der Waals surface area contributed by atoms with Gasteiger partial charge in [-0.2, -0.15) is 0 Å². The maximum Gasteiger partial charge on any atom is 0.283 e. The SMILES string of the molecule is Cc1ccc(N2C(=O)/C(=C\c3ccc4c(c3)OCO4)N=C2SCCCO)cc1. The van der Waals surface area contributed by atoms with Crippen LogP contribution in [-0.4, -0.2) is 35.3 Å². The van der Waals surface area contributed by atoms with E-state index >= 15 is 0 Å². The van der Waals surface area contributed by atoms with Crippen molar-refractivity contribution in [2.45, 2.75) is 13.3 Å². The van der Waals surface area contributed by atoms with E-state index < -0.39 is 0 Å². The highest BCUT2D eigenvalue weighted by Gasteiger charge is 2.31. The number of hydrogen-bond donors (Lipinski definition) is 1. The van der Waals surface area contributed by atoms with Crippen LogP contribution in [0, 0.1) is 6.92 Å². The molecule has 0 unspecified atom stereocenters. The van der Waals surface area contributed by atoms with Gasteiger partial charge in [0.25, 0.3) is 5.91 Å². The maximum absolute atomic E-state index is 13.1. The Hall–Kier alpha value is -2.77. The number of carbonyl (C=O) groups is 1. The molecule has 2 aromatic carbocycles. The summed E-state index contributed by atoms with van der Waals surface area (Å²) in [6.45, 7) is 2.32. The van der Waals surface area contributed by atoms with Gasteiger partial charge in [-0.1, -0.05) is 35.5 Å². The van der Waals surface area contributed by atoms with Crippen LogP contribution in [0.15, 0.2) is 53.2 Å². The molecular formula is C21H20N2O4S. The van der Waals surface area contributed by atoms with Gasteiger partial charge in [-0.05, 0) is 49.2 Å². The van der Waals surface area contributed by atoms with Crippen LogP contribution in [0.4, 0.5) is 5.69 Å². The number of amides is 1. The normalized spacial score (nSPS) is 16.8. The lowest BCUT2D eigenvalue weighted by Gasteiger charge is -2.17. The predicted octanol–water partition coefficient (Wildman–Crippen LogP) is 3.58. The van der Waals surface area contributed by atoms with Crippen molar-refractivity contribution >= 4 is 34.6 Å².